The van der Waals surface area contributed by atoms with Crippen molar-refractivity contribution >= 4 is 45.2 Å². The van der Waals surface area contributed by atoms with E-state index < -0.39 is 0 Å². The highest BCUT2D eigenvalue weighted by atomic mass is 16.2. The predicted molar refractivity (Wildman–Crippen MR) is 207 cm³/mol. The molecule has 2 aliphatic heterocycles. The van der Waals surface area contributed by atoms with E-state index in [1.54, 1.807) is 0 Å². The maximum Gasteiger partial charge on any atom is 0.253 e. The van der Waals surface area contributed by atoms with Gasteiger partial charge in [-0.1, -0.05) is 50.2 Å². The van der Waals surface area contributed by atoms with Crippen molar-refractivity contribution in [3.8, 4) is 0 Å². The summed E-state index contributed by atoms with van der Waals surface area (Å²) < 4.78 is 4.35. The number of carbonyl (C=O) groups excluding carboxylic acids is 2. The fraction of sp³-hybridized carbons (Fsp3) is 0.286. The number of hydrogen-bond acceptors (Lipinski definition) is 6. The molecule has 2 N–H and O–H groups in total. The second kappa shape index (κ2) is 13.9. The number of likely N-dealkylation sites (tertiary alicyclic amines) is 2. The Balaban J connectivity index is 0.000000142. The number of hydrogen-bond donors (Lipinski definition) is 2. The van der Waals surface area contributed by atoms with Crippen LogP contribution in [-0.4, -0.2) is 86.5 Å². The van der Waals surface area contributed by atoms with Gasteiger partial charge >= 0.3 is 0 Å². The molecule has 54 heavy (non-hydrogen) atoms. The fourth-order valence-electron chi connectivity index (χ4n) is 8.23. The molecule has 0 unspecified atom stereocenters. The number of benzene rings is 2. The Labute approximate surface area is 311 Å². The molecule has 12 heteroatoms. The number of nitrogens with zero attached hydrogens (tertiary/aromatic N) is 8. The van der Waals surface area contributed by atoms with Gasteiger partial charge in [0.15, 0.2) is 11.3 Å². The van der Waals surface area contributed by atoms with Gasteiger partial charge in [0.05, 0.1) is 46.9 Å². The van der Waals surface area contributed by atoms with E-state index in [1.807, 2.05) is 120 Å². The molecule has 6 aromatic heterocycles. The molecule has 0 saturated carbocycles. The largest absolute Gasteiger partial charge is 0.345 e. The average Bonchev–Trinajstić information content (AvgIpc) is 4.04. The molecular weight excluding hydrogens is 677 g/mol. The van der Waals surface area contributed by atoms with Gasteiger partial charge in [-0.2, -0.15) is 0 Å². The zero-order chi connectivity index (χ0) is 36.8. The van der Waals surface area contributed by atoms with Crippen molar-refractivity contribution in [1.29, 1.82) is 0 Å². The minimum absolute atomic E-state index is 0.0989. The van der Waals surface area contributed by atoms with Crippen LogP contribution in [0, 0.1) is 11.8 Å². The van der Waals surface area contributed by atoms with Crippen LogP contribution in [0.4, 0.5) is 0 Å². The van der Waals surface area contributed by atoms with E-state index in [9.17, 15) is 9.59 Å². The highest BCUT2D eigenvalue weighted by molar-refractivity contribution is 5.95. The van der Waals surface area contributed by atoms with E-state index in [4.69, 9.17) is 9.97 Å². The zero-order valence-corrected chi connectivity index (χ0v) is 30.3. The van der Waals surface area contributed by atoms with Gasteiger partial charge in [-0.25, -0.2) is 19.9 Å². The Morgan fingerprint density at radius 3 is 1.41 bits per heavy atom. The van der Waals surface area contributed by atoms with Crippen molar-refractivity contribution in [2.24, 2.45) is 11.8 Å². The van der Waals surface area contributed by atoms with Gasteiger partial charge in [-0.15, -0.1) is 0 Å². The Morgan fingerprint density at radius 1 is 0.574 bits per heavy atom. The van der Waals surface area contributed by atoms with E-state index >= 15 is 0 Å². The lowest BCUT2D eigenvalue weighted by Gasteiger charge is -2.36. The minimum atomic E-state index is 0.0989. The van der Waals surface area contributed by atoms with Crippen LogP contribution in [0.3, 0.4) is 0 Å². The summed E-state index contributed by atoms with van der Waals surface area (Å²) >= 11 is 0. The van der Waals surface area contributed by atoms with Gasteiger partial charge in [0.2, 0.25) is 0 Å². The Kier molecular flexibility index (Phi) is 8.64. The van der Waals surface area contributed by atoms with E-state index in [0.29, 0.717) is 24.9 Å². The minimum Gasteiger partial charge on any atom is -0.345 e. The first-order valence-electron chi connectivity index (χ1n) is 18.7. The molecular formula is C42H42N10O2. The van der Waals surface area contributed by atoms with Gasteiger partial charge in [-0.3, -0.25) is 18.4 Å². The Hall–Kier alpha value is -6.30. The molecule has 272 valence electrons. The Morgan fingerprint density at radius 2 is 0.981 bits per heavy atom. The van der Waals surface area contributed by atoms with Crippen LogP contribution < -0.4 is 0 Å². The highest BCUT2D eigenvalue weighted by Crippen LogP contribution is 2.35. The predicted octanol–water partition coefficient (Wildman–Crippen LogP) is 6.95. The van der Waals surface area contributed by atoms with Crippen LogP contribution in [0.2, 0.25) is 0 Å². The molecule has 0 aliphatic carbocycles. The summed E-state index contributed by atoms with van der Waals surface area (Å²) in [5, 5.41) is 0. The first-order chi connectivity index (χ1) is 26.4. The second-order valence-electron chi connectivity index (χ2n) is 14.7. The van der Waals surface area contributed by atoms with Gasteiger partial charge in [0, 0.05) is 61.5 Å². The van der Waals surface area contributed by atoms with Crippen molar-refractivity contribution in [3.63, 3.8) is 0 Å². The van der Waals surface area contributed by atoms with Crippen LogP contribution in [-0.2, 0) is 0 Å². The molecule has 12 nitrogen and oxygen atoms in total. The van der Waals surface area contributed by atoms with Crippen molar-refractivity contribution in [2.75, 3.05) is 26.2 Å². The molecule has 2 amide bonds. The van der Waals surface area contributed by atoms with Gasteiger partial charge in [0.25, 0.3) is 11.8 Å². The molecule has 2 saturated heterocycles. The number of aromatic nitrogens is 8. The molecule has 8 aromatic rings. The van der Waals surface area contributed by atoms with Crippen LogP contribution in [0.15, 0.2) is 110 Å². The number of aromatic amines is 2. The van der Waals surface area contributed by atoms with Crippen molar-refractivity contribution in [3.05, 3.63) is 133 Å². The molecule has 2 fully saturated rings. The third kappa shape index (κ3) is 5.97. The lowest BCUT2D eigenvalue weighted by Crippen LogP contribution is -2.42. The van der Waals surface area contributed by atoms with E-state index in [-0.39, 0.29) is 23.7 Å². The summed E-state index contributed by atoms with van der Waals surface area (Å²) in [4.78, 5) is 54.5. The molecule has 4 atom stereocenters. The third-order valence-electron chi connectivity index (χ3n) is 11.4. The van der Waals surface area contributed by atoms with Crippen molar-refractivity contribution in [1.82, 2.24) is 48.5 Å². The number of carbonyl (C=O) groups is 2. The number of H-pyrrole nitrogens is 2. The topological polar surface area (TPSA) is 133 Å². The van der Waals surface area contributed by atoms with Crippen molar-refractivity contribution < 1.29 is 9.59 Å². The SMILES string of the molecule is C[C@@H]1CCN(C(=O)c2ccccc2)C[C@@H]1c1ncc2cnc3[nH]ccc3n12.C[C@H]1CCN(C(=O)c2ccccc2)C[C@H]1c1ncc2cnc3[nH]ccc3n12. The standard InChI is InChI=1S/2C21H21N5O/c2*1-14-8-10-25(21(27)15-5-3-2-4-6-15)13-17(14)20-24-12-16-11-23-19-18(26(16)20)7-9-22-19/h2*2-7,9,11-12,14,17,22H,8,10,13H2,1H3/t2*14-,17+/m10/s1. The molecule has 0 bridgehead atoms. The third-order valence-corrected chi connectivity index (χ3v) is 11.4. The van der Waals surface area contributed by atoms with Crippen LogP contribution >= 0.6 is 0 Å². The second-order valence-corrected chi connectivity index (χ2v) is 14.7. The average molecular weight is 719 g/mol. The zero-order valence-electron chi connectivity index (χ0n) is 30.3. The lowest BCUT2D eigenvalue weighted by atomic mass is 9.86. The van der Waals surface area contributed by atoms with E-state index in [1.165, 1.54) is 0 Å². The molecule has 8 heterocycles. The number of piperidine rings is 2. The van der Waals surface area contributed by atoms with Gasteiger partial charge in [0.1, 0.15) is 11.6 Å². The molecule has 10 rings (SSSR count). The normalized spacial score (nSPS) is 20.4. The molecule has 0 radical (unpaired) electrons. The molecule has 2 aliphatic rings. The summed E-state index contributed by atoms with van der Waals surface area (Å²) in [6, 6.07) is 23.1. The molecule has 0 spiro atoms. The molecule has 2 aromatic carbocycles. The summed E-state index contributed by atoms with van der Waals surface area (Å²) in [7, 11) is 0. The number of nitrogens with one attached hydrogen (secondary N) is 2. The van der Waals surface area contributed by atoms with Crippen LogP contribution in [0.5, 0.6) is 0 Å². The lowest BCUT2D eigenvalue weighted by molar-refractivity contribution is 0.0657. The summed E-state index contributed by atoms with van der Waals surface area (Å²) in [6.07, 6.45) is 13.2. The first-order valence-corrected chi connectivity index (χ1v) is 18.7. The number of imidazole rings is 2. The Bertz CT molecular complexity index is 2410. The van der Waals surface area contributed by atoms with Gasteiger partial charge in [-0.05, 0) is 61.1 Å². The number of amides is 2. The van der Waals surface area contributed by atoms with Crippen LogP contribution in [0.1, 0.15) is 70.9 Å². The fourth-order valence-corrected chi connectivity index (χ4v) is 8.23. The van der Waals surface area contributed by atoms with Crippen LogP contribution in [0.25, 0.3) is 33.4 Å². The van der Waals surface area contributed by atoms with Crippen molar-refractivity contribution in [2.45, 2.75) is 38.5 Å². The highest BCUT2D eigenvalue weighted by Gasteiger charge is 2.34. The monoisotopic (exact) mass is 718 g/mol. The van der Waals surface area contributed by atoms with E-state index in [0.717, 1.165) is 82.1 Å². The summed E-state index contributed by atoms with van der Waals surface area (Å²) in [6.45, 7) is 7.45. The van der Waals surface area contributed by atoms with E-state index in [2.05, 4.69) is 42.6 Å². The number of rotatable bonds is 4. The maximum absolute atomic E-state index is 12.9. The maximum atomic E-state index is 12.9. The summed E-state index contributed by atoms with van der Waals surface area (Å²) in [5.41, 5.74) is 7.21. The number of fused-ring (bicyclic) bond motifs is 6. The smallest absolute Gasteiger partial charge is 0.253 e. The summed E-state index contributed by atoms with van der Waals surface area (Å²) in [5.74, 6) is 3.51. The van der Waals surface area contributed by atoms with Gasteiger partial charge < -0.3 is 19.8 Å². The quantitative estimate of drug-likeness (QED) is 0.202. The first kappa shape index (κ1) is 33.5.